The number of H-pyrrole nitrogens is 1. The first-order valence-corrected chi connectivity index (χ1v) is 6.61. The number of aliphatic hydroxyl groups excluding tert-OH is 1. The minimum Gasteiger partial charge on any atom is -0.394 e. The van der Waals surface area contributed by atoms with Crippen LogP contribution in [0.1, 0.15) is 10.4 Å². The molecule has 0 saturated carbocycles. The van der Waals surface area contributed by atoms with E-state index in [2.05, 4.69) is 35.7 Å². The van der Waals surface area contributed by atoms with Crippen LogP contribution in [0.25, 0.3) is 11.0 Å². The number of nitrogens with zero attached hydrogens (tertiary/aromatic N) is 3. The minimum atomic E-state index is -1.13. The number of aromatic amines is 1. The molecule has 0 aliphatic rings. The lowest BCUT2D eigenvalue weighted by molar-refractivity contribution is -0.118. The Bertz CT molecular complexity index is 828. The van der Waals surface area contributed by atoms with Crippen molar-refractivity contribution in [1.82, 2.24) is 25.9 Å². The zero-order chi connectivity index (χ0) is 16.2. The maximum atomic E-state index is 12.2. The number of hydrogen-bond acceptors (Lipinski definition) is 7. The molecule has 2 heterocycles. The largest absolute Gasteiger partial charge is 0.394 e. The first-order chi connectivity index (χ1) is 11.2. The Hall–Kier alpha value is -3.27. The first-order valence-electron chi connectivity index (χ1n) is 6.61. The van der Waals surface area contributed by atoms with Gasteiger partial charge < -0.3 is 20.3 Å². The Balaban J connectivity index is 1.70. The number of anilines is 1. The van der Waals surface area contributed by atoms with E-state index in [0.29, 0.717) is 16.6 Å². The number of nitrogens with one attached hydrogen (secondary N) is 3. The van der Waals surface area contributed by atoms with Gasteiger partial charge in [-0.1, -0.05) is 5.16 Å². The number of aliphatic hydroxyl groups is 1. The van der Waals surface area contributed by atoms with E-state index in [0.717, 1.165) is 0 Å². The minimum absolute atomic E-state index is 0.187. The molecule has 0 fully saturated rings. The summed E-state index contributed by atoms with van der Waals surface area (Å²) in [7, 11) is 0. The van der Waals surface area contributed by atoms with Gasteiger partial charge in [0.2, 0.25) is 0 Å². The second-order valence-corrected chi connectivity index (χ2v) is 4.61. The molecule has 23 heavy (non-hydrogen) atoms. The Labute approximate surface area is 128 Å². The number of carbonyl (C=O) groups excluding carboxylic acids is 2. The molecule has 0 aliphatic heterocycles. The highest BCUT2D eigenvalue weighted by molar-refractivity contribution is 6.02. The number of amides is 2. The molecule has 3 aromatic rings. The topological polar surface area (TPSA) is 146 Å². The van der Waals surface area contributed by atoms with Crippen molar-refractivity contribution in [3.8, 4) is 0 Å². The van der Waals surface area contributed by atoms with Crippen molar-refractivity contribution in [2.45, 2.75) is 6.04 Å². The van der Waals surface area contributed by atoms with E-state index in [1.807, 2.05) is 0 Å². The molecule has 0 spiro atoms. The van der Waals surface area contributed by atoms with E-state index in [9.17, 15) is 14.7 Å². The summed E-state index contributed by atoms with van der Waals surface area (Å²) >= 11 is 0. The predicted molar refractivity (Wildman–Crippen MR) is 77.4 cm³/mol. The van der Waals surface area contributed by atoms with Gasteiger partial charge in [0, 0.05) is 11.6 Å². The lowest BCUT2D eigenvalue weighted by Crippen LogP contribution is -2.46. The molecule has 0 bridgehead atoms. The molecule has 0 aliphatic carbocycles. The Morgan fingerprint density at radius 3 is 2.83 bits per heavy atom. The summed E-state index contributed by atoms with van der Waals surface area (Å²) in [6, 6.07) is 5.00. The molecule has 118 valence electrons. The van der Waals surface area contributed by atoms with Gasteiger partial charge in [-0.05, 0) is 18.2 Å². The van der Waals surface area contributed by atoms with Crippen LogP contribution < -0.4 is 10.6 Å². The highest BCUT2D eigenvalue weighted by Crippen LogP contribution is 2.11. The van der Waals surface area contributed by atoms with E-state index in [4.69, 9.17) is 0 Å². The van der Waals surface area contributed by atoms with Gasteiger partial charge in [0.05, 0.1) is 6.61 Å². The van der Waals surface area contributed by atoms with Crippen molar-refractivity contribution in [2.75, 3.05) is 11.9 Å². The number of rotatable bonds is 5. The fourth-order valence-corrected chi connectivity index (χ4v) is 1.91. The van der Waals surface area contributed by atoms with Crippen LogP contribution in [-0.4, -0.2) is 50.1 Å². The van der Waals surface area contributed by atoms with Gasteiger partial charge in [0.25, 0.3) is 11.8 Å². The van der Waals surface area contributed by atoms with Gasteiger partial charge in [0.15, 0.2) is 5.82 Å². The summed E-state index contributed by atoms with van der Waals surface area (Å²) in [5.74, 6) is -0.951. The van der Waals surface area contributed by atoms with E-state index < -0.39 is 24.5 Å². The molecule has 2 aromatic heterocycles. The maximum Gasteiger partial charge on any atom is 0.252 e. The molecule has 4 N–H and O–H groups in total. The Kier molecular flexibility index (Phi) is 3.97. The van der Waals surface area contributed by atoms with Crippen molar-refractivity contribution in [3.63, 3.8) is 0 Å². The monoisotopic (exact) mass is 316 g/mol. The third-order valence-electron chi connectivity index (χ3n) is 3.07. The van der Waals surface area contributed by atoms with E-state index in [1.165, 1.54) is 18.4 Å². The van der Waals surface area contributed by atoms with Gasteiger partial charge in [0.1, 0.15) is 23.3 Å². The lowest BCUT2D eigenvalue weighted by atomic mass is 10.1. The van der Waals surface area contributed by atoms with Crippen molar-refractivity contribution in [2.24, 2.45) is 0 Å². The number of hydrogen-bond donors (Lipinski definition) is 4. The molecule has 2 amide bonds. The van der Waals surface area contributed by atoms with Gasteiger partial charge in [-0.3, -0.25) is 9.59 Å². The van der Waals surface area contributed by atoms with Crippen LogP contribution in [0.5, 0.6) is 0 Å². The van der Waals surface area contributed by atoms with Crippen LogP contribution in [0.3, 0.4) is 0 Å². The Morgan fingerprint density at radius 1 is 1.26 bits per heavy atom. The zero-order valence-electron chi connectivity index (χ0n) is 11.7. The van der Waals surface area contributed by atoms with E-state index in [-0.39, 0.29) is 5.82 Å². The molecule has 1 unspecified atom stereocenters. The van der Waals surface area contributed by atoms with Crippen molar-refractivity contribution in [3.05, 3.63) is 36.1 Å². The van der Waals surface area contributed by atoms with Crippen LogP contribution in [-0.2, 0) is 4.79 Å². The quantitative estimate of drug-likeness (QED) is 0.504. The first kappa shape index (κ1) is 14.7. The lowest BCUT2D eigenvalue weighted by Gasteiger charge is -2.15. The van der Waals surface area contributed by atoms with E-state index >= 15 is 0 Å². The van der Waals surface area contributed by atoms with Crippen molar-refractivity contribution in [1.29, 1.82) is 0 Å². The van der Waals surface area contributed by atoms with Crippen LogP contribution in [0.2, 0.25) is 0 Å². The van der Waals surface area contributed by atoms with E-state index in [1.54, 1.807) is 12.1 Å². The van der Waals surface area contributed by atoms with Crippen molar-refractivity contribution < 1.29 is 19.2 Å². The normalized spacial score (nSPS) is 12.0. The standard InChI is InChI=1S/C13H12N6O4/c20-6-10(13(22)15-11-3-4-23-18-11)14-12(21)7-1-2-8-9(5-7)17-19-16-8/h1-5,10,20H,6H2,(H,14,21)(H,15,18,22)(H,16,17,19). The molecular weight excluding hydrogens is 304 g/mol. The molecule has 10 heteroatoms. The SMILES string of the molecule is O=C(NC(CO)C(=O)Nc1ccon1)c1ccc2n[nH]nc2c1. The molecular formula is C13H12N6O4. The second-order valence-electron chi connectivity index (χ2n) is 4.61. The smallest absolute Gasteiger partial charge is 0.252 e. The van der Waals surface area contributed by atoms with Crippen LogP contribution in [0, 0.1) is 0 Å². The number of benzene rings is 1. The molecule has 3 rings (SSSR count). The molecule has 1 aromatic carbocycles. The second kappa shape index (κ2) is 6.23. The fraction of sp³-hybridized carbons (Fsp3) is 0.154. The van der Waals surface area contributed by atoms with Crippen LogP contribution >= 0.6 is 0 Å². The van der Waals surface area contributed by atoms with Gasteiger partial charge in [-0.2, -0.15) is 15.4 Å². The number of carbonyl (C=O) groups is 2. The zero-order valence-corrected chi connectivity index (χ0v) is 11.7. The number of aromatic nitrogens is 4. The van der Waals surface area contributed by atoms with Crippen LogP contribution in [0.4, 0.5) is 5.82 Å². The highest BCUT2D eigenvalue weighted by atomic mass is 16.5. The summed E-state index contributed by atoms with van der Waals surface area (Å²) in [4.78, 5) is 24.2. The summed E-state index contributed by atoms with van der Waals surface area (Å²) < 4.78 is 4.58. The van der Waals surface area contributed by atoms with Gasteiger partial charge >= 0.3 is 0 Å². The highest BCUT2D eigenvalue weighted by Gasteiger charge is 2.21. The molecule has 10 nitrogen and oxygen atoms in total. The molecule has 0 saturated heterocycles. The third kappa shape index (κ3) is 3.16. The third-order valence-corrected chi connectivity index (χ3v) is 3.07. The number of fused-ring (bicyclic) bond motifs is 1. The van der Waals surface area contributed by atoms with Gasteiger partial charge in [-0.15, -0.1) is 0 Å². The predicted octanol–water partition coefficient (Wildman–Crippen LogP) is -0.325. The van der Waals surface area contributed by atoms with Crippen molar-refractivity contribution >= 4 is 28.7 Å². The maximum absolute atomic E-state index is 12.2. The fourth-order valence-electron chi connectivity index (χ4n) is 1.91. The van der Waals surface area contributed by atoms with Gasteiger partial charge in [-0.25, -0.2) is 0 Å². The molecule has 1 atom stereocenters. The summed E-state index contributed by atoms with van der Waals surface area (Å²) in [6.07, 6.45) is 1.29. The average Bonchev–Trinajstić information content (AvgIpc) is 3.22. The van der Waals surface area contributed by atoms with Crippen LogP contribution in [0.15, 0.2) is 35.1 Å². The summed E-state index contributed by atoms with van der Waals surface area (Å²) in [5, 5.41) is 27.9. The average molecular weight is 316 g/mol. The Morgan fingerprint density at radius 2 is 2.09 bits per heavy atom. The summed E-state index contributed by atoms with van der Waals surface area (Å²) in [6.45, 7) is -0.568. The molecule has 0 radical (unpaired) electrons. The summed E-state index contributed by atoms with van der Waals surface area (Å²) in [5.41, 5.74) is 1.42.